The van der Waals surface area contributed by atoms with E-state index in [1.54, 1.807) is 0 Å². The van der Waals surface area contributed by atoms with Crippen molar-refractivity contribution < 1.29 is 36.2 Å². The second kappa shape index (κ2) is 6.23. The first-order valence-corrected chi connectivity index (χ1v) is 5.93. The average Bonchev–Trinajstić information content (AvgIpc) is 2.55. The number of nitrogens with zero attached hydrogens (tertiary/aromatic N) is 2. The van der Waals surface area contributed by atoms with E-state index in [-0.39, 0.29) is 0 Å². The van der Waals surface area contributed by atoms with Crippen molar-refractivity contribution in [1.29, 1.82) is 0 Å². The molecule has 23 heavy (non-hydrogen) atoms. The van der Waals surface area contributed by atoms with Gasteiger partial charge in [-0.3, -0.25) is 0 Å². The molecule has 0 N–H and O–H groups in total. The third-order valence-electron chi connectivity index (χ3n) is 2.84. The van der Waals surface area contributed by atoms with E-state index < -0.39 is 58.0 Å². The van der Waals surface area contributed by atoms with Gasteiger partial charge in [0.15, 0.2) is 17.4 Å². The van der Waals surface area contributed by atoms with Crippen molar-refractivity contribution in [3.8, 4) is 28.9 Å². The highest BCUT2D eigenvalue weighted by Gasteiger charge is 2.31. The van der Waals surface area contributed by atoms with E-state index in [1.807, 2.05) is 0 Å². The zero-order valence-corrected chi connectivity index (χ0v) is 12.0. The van der Waals surface area contributed by atoms with Crippen LogP contribution in [0.1, 0.15) is 0 Å². The quantitative estimate of drug-likeness (QED) is 0.635. The lowest BCUT2D eigenvalue weighted by atomic mass is 10.1. The number of methoxy groups -OCH3 is 3. The van der Waals surface area contributed by atoms with Crippen molar-refractivity contribution in [3.05, 3.63) is 29.1 Å². The Kier molecular flexibility index (Phi) is 4.52. The summed E-state index contributed by atoms with van der Waals surface area (Å²) in [7, 11) is 2.94. The van der Waals surface area contributed by atoms with Gasteiger partial charge in [0.1, 0.15) is 5.69 Å². The third-order valence-corrected chi connectivity index (χ3v) is 2.84. The summed E-state index contributed by atoms with van der Waals surface area (Å²) >= 11 is 0. The molecule has 0 fully saturated rings. The van der Waals surface area contributed by atoms with E-state index in [1.165, 1.54) is 0 Å². The van der Waals surface area contributed by atoms with Crippen LogP contribution in [0.4, 0.5) is 22.0 Å². The number of halogens is 5. The van der Waals surface area contributed by atoms with Gasteiger partial charge in [0.2, 0.25) is 17.5 Å². The molecule has 0 saturated heterocycles. The molecule has 0 aliphatic carbocycles. The Morgan fingerprint density at radius 3 is 1.65 bits per heavy atom. The number of hydrogen-bond donors (Lipinski definition) is 0. The number of aromatic nitrogens is 2. The van der Waals surface area contributed by atoms with E-state index in [9.17, 15) is 22.0 Å². The summed E-state index contributed by atoms with van der Waals surface area (Å²) in [5, 5.41) is 0. The molecule has 5 nitrogen and oxygen atoms in total. The van der Waals surface area contributed by atoms with Gasteiger partial charge in [-0.1, -0.05) is 0 Å². The minimum Gasteiger partial charge on any atom is -0.491 e. The summed E-state index contributed by atoms with van der Waals surface area (Å²) in [4.78, 5) is 6.83. The average molecular weight is 336 g/mol. The summed E-state index contributed by atoms with van der Waals surface area (Å²) in [6.07, 6.45) is 0. The highest BCUT2D eigenvalue weighted by atomic mass is 19.2. The van der Waals surface area contributed by atoms with Crippen molar-refractivity contribution in [1.82, 2.24) is 9.97 Å². The Bertz CT molecular complexity index is 741. The van der Waals surface area contributed by atoms with E-state index in [4.69, 9.17) is 0 Å². The molecule has 0 amide bonds. The predicted octanol–water partition coefficient (Wildman–Crippen LogP) is 2.86. The van der Waals surface area contributed by atoms with Gasteiger partial charge in [0, 0.05) is 0 Å². The molecule has 10 heteroatoms. The second-order valence-electron chi connectivity index (χ2n) is 4.05. The summed E-state index contributed by atoms with van der Waals surface area (Å²) in [5.74, 6) is -10.9. The first-order chi connectivity index (χ1) is 10.9. The van der Waals surface area contributed by atoms with Gasteiger partial charge in [0.05, 0.1) is 26.9 Å². The first kappa shape index (κ1) is 16.7. The minimum atomic E-state index is -1.89. The molecule has 0 aliphatic heterocycles. The Hall–Kier alpha value is -2.65. The molecule has 1 aromatic heterocycles. The molecule has 0 atom stereocenters. The maximum Gasteiger partial charge on any atom is 0.320 e. The van der Waals surface area contributed by atoms with Crippen LogP contribution in [0.25, 0.3) is 11.3 Å². The largest absolute Gasteiger partial charge is 0.491 e. The van der Waals surface area contributed by atoms with Gasteiger partial charge in [-0.05, 0) is 0 Å². The van der Waals surface area contributed by atoms with Gasteiger partial charge in [-0.2, -0.15) is 23.1 Å². The Morgan fingerprint density at radius 2 is 1.22 bits per heavy atom. The maximum atomic E-state index is 14.2. The van der Waals surface area contributed by atoms with Gasteiger partial charge in [0.25, 0.3) is 5.88 Å². The molecular weight excluding hydrogens is 327 g/mol. The summed E-state index contributed by atoms with van der Waals surface area (Å²) < 4.78 is 83.2. The zero-order chi connectivity index (χ0) is 17.3. The van der Waals surface area contributed by atoms with Gasteiger partial charge in [-0.15, -0.1) is 0 Å². The number of hydrogen-bond acceptors (Lipinski definition) is 5. The Labute approximate surface area is 126 Å². The highest BCUT2D eigenvalue weighted by molar-refractivity contribution is 5.65. The monoisotopic (exact) mass is 336 g/mol. The van der Waals surface area contributed by atoms with Crippen molar-refractivity contribution in [2.75, 3.05) is 21.3 Å². The van der Waals surface area contributed by atoms with Crippen LogP contribution in [-0.4, -0.2) is 31.3 Å². The summed E-state index contributed by atoms with van der Waals surface area (Å²) in [6.45, 7) is 0. The molecular formula is C13H9F5N2O3. The summed E-state index contributed by atoms with van der Waals surface area (Å²) in [5.41, 5.74) is -2.44. The standard InChI is InChI=1S/C13H9F5N2O3/c1-21-11-7(16)5(14)4(6(15)8(11)17)10-9(18)12(22-2)20-13(19-10)23-3/h1-3H3. The zero-order valence-electron chi connectivity index (χ0n) is 12.0. The van der Waals surface area contributed by atoms with Gasteiger partial charge < -0.3 is 14.2 Å². The van der Waals surface area contributed by atoms with Gasteiger partial charge >= 0.3 is 6.01 Å². The highest BCUT2D eigenvalue weighted by Crippen LogP contribution is 2.37. The fourth-order valence-corrected chi connectivity index (χ4v) is 1.80. The maximum absolute atomic E-state index is 14.2. The molecule has 0 bridgehead atoms. The fourth-order valence-electron chi connectivity index (χ4n) is 1.80. The molecule has 0 radical (unpaired) electrons. The lowest BCUT2D eigenvalue weighted by molar-refractivity contribution is 0.329. The molecule has 0 saturated carbocycles. The van der Waals surface area contributed by atoms with Crippen molar-refractivity contribution in [2.24, 2.45) is 0 Å². The third kappa shape index (κ3) is 2.60. The van der Waals surface area contributed by atoms with Crippen LogP contribution >= 0.6 is 0 Å². The van der Waals surface area contributed by atoms with E-state index >= 15 is 0 Å². The molecule has 0 aliphatic rings. The van der Waals surface area contributed by atoms with Crippen LogP contribution in [0.5, 0.6) is 17.6 Å². The summed E-state index contributed by atoms with van der Waals surface area (Å²) in [6, 6.07) is -0.520. The lowest BCUT2D eigenvalue weighted by Crippen LogP contribution is -2.08. The minimum absolute atomic E-state index is 0.520. The van der Waals surface area contributed by atoms with E-state index in [2.05, 4.69) is 24.2 Å². The van der Waals surface area contributed by atoms with Crippen molar-refractivity contribution in [3.63, 3.8) is 0 Å². The van der Waals surface area contributed by atoms with Crippen LogP contribution in [-0.2, 0) is 0 Å². The van der Waals surface area contributed by atoms with Gasteiger partial charge in [-0.25, -0.2) is 8.78 Å². The molecule has 124 valence electrons. The fraction of sp³-hybridized carbons (Fsp3) is 0.231. The molecule has 0 unspecified atom stereocenters. The number of benzene rings is 1. The number of ether oxygens (including phenoxy) is 3. The normalized spacial score (nSPS) is 10.6. The van der Waals surface area contributed by atoms with Crippen LogP contribution < -0.4 is 14.2 Å². The van der Waals surface area contributed by atoms with Crippen molar-refractivity contribution >= 4 is 0 Å². The second-order valence-corrected chi connectivity index (χ2v) is 4.05. The van der Waals surface area contributed by atoms with E-state index in [0.29, 0.717) is 0 Å². The predicted molar refractivity (Wildman–Crippen MR) is 66.9 cm³/mol. The van der Waals surface area contributed by atoms with Crippen LogP contribution in [0, 0.1) is 29.1 Å². The van der Waals surface area contributed by atoms with E-state index in [0.717, 1.165) is 21.3 Å². The molecule has 2 aromatic rings. The SMILES string of the molecule is COc1nc(OC)c(F)c(-c2c(F)c(F)c(OC)c(F)c2F)n1. The molecule has 1 aromatic carbocycles. The number of rotatable bonds is 4. The Balaban J connectivity index is 2.87. The topological polar surface area (TPSA) is 53.5 Å². The van der Waals surface area contributed by atoms with Crippen LogP contribution in [0.2, 0.25) is 0 Å². The molecule has 1 heterocycles. The first-order valence-electron chi connectivity index (χ1n) is 5.93. The Morgan fingerprint density at radius 1 is 0.652 bits per heavy atom. The van der Waals surface area contributed by atoms with Crippen LogP contribution in [0.3, 0.4) is 0 Å². The molecule has 2 rings (SSSR count). The van der Waals surface area contributed by atoms with Crippen LogP contribution in [0.15, 0.2) is 0 Å². The smallest absolute Gasteiger partial charge is 0.320 e. The lowest BCUT2D eigenvalue weighted by Gasteiger charge is -2.12. The molecule has 0 spiro atoms. The van der Waals surface area contributed by atoms with Crippen molar-refractivity contribution in [2.45, 2.75) is 0 Å².